The zero-order chi connectivity index (χ0) is 10.4. The summed E-state index contributed by atoms with van der Waals surface area (Å²) in [5.41, 5.74) is -0.0869. The van der Waals surface area contributed by atoms with Gasteiger partial charge in [-0.05, 0) is 6.42 Å². The van der Waals surface area contributed by atoms with E-state index in [1.807, 2.05) is 6.92 Å². The SMILES string of the molecule is CCCCOC(F)(F)c1ccccc1. The number of ether oxygens (including phenoxy) is 1. The Hall–Kier alpha value is -0.960. The first kappa shape index (κ1) is 11.1. The molecule has 1 aromatic rings. The summed E-state index contributed by atoms with van der Waals surface area (Å²) >= 11 is 0. The Morgan fingerprint density at radius 2 is 1.86 bits per heavy atom. The molecule has 78 valence electrons. The third-order valence-corrected chi connectivity index (χ3v) is 1.89. The molecule has 0 aromatic heterocycles. The fourth-order valence-electron chi connectivity index (χ4n) is 1.06. The van der Waals surface area contributed by atoms with Gasteiger partial charge in [-0.2, -0.15) is 8.78 Å². The number of halogens is 2. The van der Waals surface area contributed by atoms with E-state index < -0.39 is 6.11 Å². The molecule has 0 aliphatic rings. The quantitative estimate of drug-likeness (QED) is 0.660. The predicted molar refractivity (Wildman–Crippen MR) is 51.2 cm³/mol. The van der Waals surface area contributed by atoms with Gasteiger partial charge in [-0.3, -0.25) is 0 Å². The van der Waals surface area contributed by atoms with Crippen LogP contribution in [0.3, 0.4) is 0 Å². The van der Waals surface area contributed by atoms with Crippen molar-refractivity contribution in [1.82, 2.24) is 0 Å². The Kier molecular flexibility index (Phi) is 4.01. The summed E-state index contributed by atoms with van der Waals surface area (Å²) < 4.78 is 31.0. The van der Waals surface area contributed by atoms with Crippen molar-refractivity contribution in [3.8, 4) is 0 Å². The number of benzene rings is 1. The minimum Gasteiger partial charge on any atom is -0.317 e. The third kappa shape index (κ3) is 3.07. The van der Waals surface area contributed by atoms with Gasteiger partial charge in [-0.15, -0.1) is 0 Å². The van der Waals surface area contributed by atoms with Crippen LogP contribution < -0.4 is 0 Å². The van der Waals surface area contributed by atoms with Crippen molar-refractivity contribution in [2.45, 2.75) is 25.9 Å². The number of unbranched alkanes of at least 4 members (excludes halogenated alkanes) is 1. The topological polar surface area (TPSA) is 9.23 Å². The molecule has 1 aromatic carbocycles. The Morgan fingerprint density at radius 3 is 2.43 bits per heavy atom. The lowest BCUT2D eigenvalue weighted by Crippen LogP contribution is -2.18. The zero-order valence-corrected chi connectivity index (χ0v) is 8.17. The highest BCUT2D eigenvalue weighted by atomic mass is 19.3. The highest BCUT2D eigenvalue weighted by Gasteiger charge is 2.31. The molecule has 0 fully saturated rings. The van der Waals surface area contributed by atoms with Gasteiger partial charge >= 0.3 is 6.11 Å². The minimum atomic E-state index is -3.16. The highest BCUT2D eigenvalue weighted by Crippen LogP contribution is 2.28. The lowest BCUT2D eigenvalue weighted by Gasteiger charge is -2.16. The summed E-state index contributed by atoms with van der Waals surface area (Å²) in [6, 6.07) is 7.59. The molecule has 0 heterocycles. The summed E-state index contributed by atoms with van der Waals surface area (Å²) in [7, 11) is 0. The fourth-order valence-corrected chi connectivity index (χ4v) is 1.06. The molecule has 0 aliphatic carbocycles. The van der Waals surface area contributed by atoms with Crippen molar-refractivity contribution in [3.63, 3.8) is 0 Å². The van der Waals surface area contributed by atoms with Crippen molar-refractivity contribution >= 4 is 0 Å². The maximum absolute atomic E-state index is 13.3. The van der Waals surface area contributed by atoms with Crippen molar-refractivity contribution in [2.24, 2.45) is 0 Å². The smallest absolute Gasteiger partial charge is 0.317 e. The Labute approximate surface area is 82.7 Å². The zero-order valence-electron chi connectivity index (χ0n) is 8.17. The van der Waals surface area contributed by atoms with Crippen LogP contribution in [-0.4, -0.2) is 6.61 Å². The van der Waals surface area contributed by atoms with E-state index >= 15 is 0 Å². The first-order chi connectivity index (χ1) is 6.67. The molecule has 0 unspecified atom stereocenters. The van der Waals surface area contributed by atoms with Crippen molar-refractivity contribution in [1.29, 1.82) is 0 Å². The Balaban J connectivity index is 2.56. The van der Waals surface area contributed by atoms with Crippen LogP contribution in [0.2, 0.25) is 0 Å². The minimum absolute atomic E-state index is 0.0869. The Bertz CT molecular complexity index is 259. The number of alkyl halides is 2. The van der Waals surface area contributed by atoms with Crippen LogP contribution in [0, 0.1) is 0 Å². The van der Waals surface area contributed by atoms with E-state index in [2.05, 4.69) is 4.74 Å². The monoisotopic (exact) mass is 200 g/mol. The Morgan fingerprint density at radius 1 is 1.21 bits per heavy atom. The van der Waals surface area contributed by atoms with E-state index in [0.29, 0.717) is 6.42 Å². The van der Waals surface area contributed by atoms with Gasteiger partial charge in [0, 0.05) is 0 Å². The molecule has 0 atom stereocenters. The largest absolute Gasteiger partial charge is 0.383 e. The van der Waals surface area contributed by atoms with Gasteiger partial charge in [0.05, 0.1) is 12.2 Å². The van der Waals surface area contributed by atoms with Crippen LogP contribution in [-0.2, 0) is 10.8 Å². The normalized spacial score (nSPS) is 11.6. The standard InChI is InChI=1S/C11H14F2O/c1-2-3-9-14-11(12,13)10-7-5-4-6-8-10/h4-8H,2-3,9H2,1H3. The van der Waals surface area contributed by atoms with E-state index in [4.69, 9.17) is 0 Å². The second-order valence-electron chi connectivity index (χ2n) is 3.08. The molecule has 14 heavy (non-hydrogen) atoms. The second-order valence-corrected chi connectivity index (χ2v) is 3.08. The van der Waals surface area contributed by atoms with Crippen molar-refractivity contribution < 1.29 is 13.5 Å². The van der Waals surface area contributed by atoms with Crippen molar-refractivity contribution in [3.05, 3.63) is 35.9 Å². The van der Waals surface area contributed by atoms with Gasteiger partial charge < -0.3 is 4.74 Å². The van der Waals surface area contributed by atoms with Gasteiger partial charge in [0.2, 0.25) is 0 Å². The number of hydrogen-bond acceptors (Lipinski definition) is 1. The van der Waals surface area contributed by atoms with E-state index in [1.54, 1.807) is 18.2 Å². The van der Waals surface area contributed by atoms with Crippen LogP contribution in [0.25, 0.3) is 0 Å². The summed E-state index contributed by atoms with van der Waals surface area (Å²) in [5, 5.41) is 0. The molecular formula is C11H14F2O. The third-order valence-electron chi connectivity index (χ3n) is 1.89. The summed E-state index contributed by atoms with van der Waals surface area (Å²) in [6.07, 6.45) is -1.65. The first-order valence-corrected chi connectivity index (χ1v) is 4.74. The first-order valence-electron chi connectivity index (χ1n) is 4.74. The van der Waals surface area contributed by atoms with Crippen LogP contribution in [0.4, 0.5) is 8.78 Å². The molecule has 1 nitrogen and oxygen atoms in total. The second kappa shape index (κ2) is 5.05. The summed E-state index contributed by atoms with van der Waals surface area (Å²) in [6.45, 7) is 2.03. The lowest BCUT2D eigenvalue weighted by molar-refractivity contribution is -0.249. The van der Waals surface area contributed by atoms with Gasteiger partial charge in [-0.25, -0.2) is 0 Å². The average molecular weight is 200 g/mol. The lowest BCUT2D eigenvalue weighted by atomic mass is 10.2. The molecule has 0 aliphatic heterocycles. The number of rotatable bonds is 5. The average Bonchev–Trinajstić information content (AvgIpc) is 2.19. The van der Waals surface area contributed by atoms with Gasteiger partial charge in [0.25, 0.3) is 0 Å². The molecule has 0 spiro atoms. The van der Waals surface area contributed by atoms with E-state index in [0.717, 1.165) is 6.42 Å². The highest BCUT2D eigenvalue weighted by molar-refractivity contribution is 5.17. The van der Waals surface area contributed by atoms with Crippen LogP contribution >= 0.6 is 0 Å². The summed E-state index contributed by atoms with van der Waals surface area (Å²) in [4.78, 5) is 0. The molecule has 0 amide bonds. The van der Waals surface area contributed by atoms with Crippen LogP contribution in [0.1, 0.15) is 25.3 Å². The number of hydrogen-bond donors (Lipinski definition) is 0. The van der Waals surface area contributed by atoms with Crippen molar-refractivity contribution in [2.75, 3.05) is 6.61 Å². The molecule has 0 saturated heterocycles. The molecular weight excluding hydrogens is 186 g/mol. The fraction of sp³-hybridized carbons (Fsp3) is 0.455. The van der Waals surface area contributed by atoms with E-state index in [9.17, 15) is 8.78 Å². The molecule has 3 heteroatoms. The summed E-state index contributed by atoms with van der Waals surface area (Å²) in [5.74, 6) is 0. The molecule has 0 saturated carbocycles. The van der Waals surface area contributed by atoms with Gasteiger partial charge in [0.15, 0.2) is 0 Å². The van der Waals surface area contributed by atoms with Crippen LogP contribution in [0.15, 0.2) is 30.3 Å². The van der Waals surface area contributed by atoms with E-state index in [-0.39, 0.29) is 12.2 Å². The maximum Gasteiger partial charge on any atom is 0.383 e. The predicted octanol–water partition coefficient (Wildman–Crippen LogP) is 3.55. The molecule has 0 radical (unpaired) electrons. The van der Waals surface area contributed by atoms with E-state index in [1.165, 1.54) is 12.1 Å². The maximum atomic E-state index is 13.3. The molecule has 0 bridgehead atoms. The molecule has 0 N–H and O–H groups in total. The van der Waals surface area contributed by atoms with Gasteiger partial charge in [0.1, 0.15) is 0 Å². The molecule has 1 rings (SSSR count). The van der Waals surface area contributed by atoms with Crippen LogP contribution in [0.5, 0.6) is 0 Å². The van der Waals surface area contributed by atoms with Gasteiger partial charge in [-0.1, -0.05) is 43.7 Å².